The van der Waals surface area contributed by atoms with Crippen LogP contribution in [0.15, 0.2) is 30.3 Å². The molecular formula is C15H19N3S2. The molecule has 0 saturated heterocycles. The second-order valence-corrected chi connectivity index (χ2v) is 6.98. The van der Waals surface area contributed by atoms with Gasteiger partial charge in [0, 0.05) is 16.9 Å². The molecule has 1 N–H and O–H groups in total. The third kappa shape index (κ3) is 2.56. The lowest BCUT2D eigenvalue weighted by molar-refractivity contribution is 0.526. The highest BCUT2D eigenvalue weighted by atomic mass is 32.2. The lowest BCUT2D eigenvalue weighted by Gasteiger charge is -2.21. The van der Waals surface area contributed by atoms with E-state index >= 15 is 0 Å². The van der Waals surface area contributed by atoms with E-state index in [-0.39, 0.29) is 0 Å². The van der Waals surface area contributed by atoms with Gasteiger partial charge in [0.15, 0.2) is 10.6 Å². The minimum Gasteiger partial charge on any atom is -0.296 e. The number of aromatic amines is 1. The van der Waals surface area contributed by atoms with E-state index in [4.69, 9.17) is 12.2 Å². The molecule has 2 aromatic rings. The van der Waals surface area contributed by atoms with Crippen LogP contribution in [0, 0.1) is 4.77 Å². The van der Waals surface area contributed by atoms with Gasteiger partial charge in [-0.2, -0.15) is 16.9 Å². The molecule has 1 fully saturated rings. The Morgan fingerprint density at radius 1 is 1.35 bits per heavy atom. The zero-order valence-electron chi connectivity index (χ0n) is 11.6. The largest absolute Gasteiger partial charge is 0.296 e. The topological polar surface area (TPSA) is 33.6 Å². The first-order valence-corrected chi connectivity index (χ1v) is 8.61. The molecule has 1 aliphatic rings. The van der Waals surface area contributed by atoms with E-state index in [1.54, 1.807) is 0 Å². The zero-order valence-corrected chi connectivity index (χ0v) is 13.2. The van der Waals surface area contributed by atoms with Crippen molar-refractivity contribution in [2.45, 2.75) is 37.5 Å². The number of hydrogen-bond donors (Lipinski definition) is 1. The molecule has 0 aliphatic heterocycles. The summed E-state index contributed by atoms with van der Waals surface area (Å²) < 4.78 is 2.99. The number of H-pyrrole nitrogens is 1. The number of nitrogens with one attached hydrogen (secondary N) is 1. The van der Waals surface area contributed by atoms with E-state index < -0.39 is 0 Å². The smallest absolute Gasteiger partial charge is 0.195 e. The normalized spacial score (nSPS) is 22.2. The predicted octanol–water partition coefficient (Wildman–Crippen LogP) is 4.45. The van der Waals surface area contributed by atoms with Crippen LogP contribution in [-0.2, 0) is 0 Å². The maximum absolute atomic E-state index is 5.48. The quantitative estimate of drug-likeness (QED) is 0.847. The van der Waals surface area contributed by atoms with Crippen molar-refractivity contribution >= 4 is 24.0 Å². The Balaban J connectivity index is 2.01. The Morgan fingerprint density at radius 3 is 2.90 bits per heavy atom. The van der Waals surface area contributed by atoms with Crippen molar-refractivity contribution in [2.24, 2.45) is 0 Å². The Bertz CT molecular complexity index is 618. The van der Waals surface area contributed by atoms with Gasteiger partial charge in [-0.1, -0.05) is 43.7 Å². The summed E-state index contributed by atoms with van der Waals surface area (Å²) in [5, 5.41) is 8.10. The molecule has 0 spiro atoms. The fourth-order valence-electron chi connectivity index (χ4n) is 3.01. The minimum atomic E-state index is 0.474. The maximum atomic E-state index is 5.48. The van der Waals surface area contributed by atoms with E-state index in [0.29, 0.717) is 11.3 Å². The molecule has 1 aromatic carbocycles. The van der Waals surface area contributed by atoms with Gasteiger partial charge in [0.1, 0.15) is 0 Å². The van der Waals surface area contributed by atoms with Crippen molar-refractivity contribution in [3.8, 4) is 11.4 Å². The van der Waals surface area contributed by atoms with Crippen molar-refractivity contribution in [3.05, 3.63) is 35.1 Å². The van der Waals surface area contributed by atoms with Crippen LogP contribution in [0.2, 0.25) is 0 Å². The number of hydrogen-bond acceptors (Lipinski definition) is 3. The van der Waals surface area contributed by atoms with Crippen LogP contribution in [0.3, 0.4) is 0 Å². The van der Waals surface area contributed by atoms with E-state index in [1.165, 1.54) is 19.3 Å². The molecule has 106 valence electrons. The van der Waals surface area contributed by atoms with Crippen LogP contribution in [-0.4, -0.2) is 25.8 Å². The standard InChI is InChI=1S/C15H19N3S2/c1-2-20-13-10-6-9-12(13)18-14(16-17-15(18)19)11-7-4-3-5-8-11/h3-5,7-8,12-13H,2,6,9-10H2,1H3,(H,17,19). The monoisotopic (exact) mass is 305 g/mol. The van der Waals surface area contributed by atoms with Gasteiger partial charge in [0.05, 0.1) is 0 Å². The summed E-state index contributed by atoms with van der Waals surface area (Å²) in [6.07, 6.45) is 3.76. The highest BCUT2D eigenvalue weighted by Gasteiger charge is 2.31. The SMILES string of the molecule is CCSC1CCCC1n1c(-c2ccccc2)n[nH]c1=S. The van der Waals surface area contributed by atoms with Gasteiger partial charge >= 0.3 is 0 Å². The minimum absolute atomic E-state index is 0.474. The third-order valence-electron chi connectivity index (χ3n) is 3.87. The van der Waals surface area contributed by atoms with Crippen molar-refractivity contribution in [1.29, 1.82) is 0 Å². The summed E-state index contributed by atoms with van der Waals surface area (Å²) >= 11 is 7.53. The van der Waals surface area contributed by atoms with Crippen molar-refractivity contribution in [3.63, 3.8) is 0 Å². The van der Waals surface area contributed by atoms with Crippen LogP contribution >= 0.6 is 24.0 Å². The van der Waals surface area contributed by atoms with Gasteiger partial charge in [-0.25, -0.2) is 0 Å². The van der Waals surface area contributed by atoms with Crippen LogP contribution in [0.1, 0.15) is 32.2 Å². The second-order valence-electron chi connectivity index (χ2n) is 5.08. The Kier molecular flexibility index (Phi) is 4.27. The first kappa shape index (κ1) is 13.9. The molecule has 3 rings (SSSR count). The molecule has 1 heterocycles. The Labute approximate surface area is 128 Å². The summed E-state index contributed by atoms with van der Waals surface area (Å²) in [7, 11) is 0. The number of aromatic nitrogens is 3. The van der Waals surface area contributed by atoms with Crippen molar-refractivity contribution < 1.29 is 0 Å². The maximum Gasteiger partial charge on any atom is 0.195 e. The highest BCUT2D eigenvalue weighted by molar-refractivity contribution is 7.99. The molecular weight excluding hydrogens is 286 g/mol. The van der Waals surface area contributed by atoms with Crippen LogP contribution in [0.25, 0.3) is 11.4 Å². The summed E-state index contributed by atoms with van der Waals surface area (Å²) in [5.74, 6) is 2.14. The van der Waals surface area contributed by atoms with Crippen LogP contribution in [0.4, 0.5) is 0 Å². The molecule has 0 radical (unpaired) electrons. The first-order valence-electron chi connectivity index (χ1n) is 7.15. The number of nitrogens with zero attached hydrogens (tertiary/aromatic N) is 2. The van der Waals surface area contributed by atoms with Gasteiger partial charge < -0.3 is 0 Å². The highest BCUT2D eigenvalue weighted by Crippen LogP contribution is 2.40. The lowest BCUT2D eigenvalue weighted by Crippen LogP contribution is -2.17. The Hall–Kier alpha value is -1.07. The van der Waals surface area contributed by atoms with Gasteiger partial charge in [0.2, 0.25) is 0 Å². The fraction of sp³-hybridized carbons (Fsp3) is 0.467. The average Bonchev–Trinajstić information content (AvgIpc) is 3.06. The molecule has 1 aliphatic carbocycles. The van der Waals surface area contributed by atoms with Crippen molar-refractivity contribution in [1.82, 2.24) is 14.8 Å². The van der Waals surface area contributed by atoms with E-state index in [0.717, 1.165) is 21.9 Å². The van der Waals surface area contributed by atoms with Crippen LogP contribution < -0.4 is 0 Å². The molecule has 2 unspecified atom stereocenters. The van der Waals surface area contributed by atoms with E-state index in [9.17, 15) is 0 Å². The zero-order chi connectivity index (χ0) is 13.9. The molecule has 0 amide bonds. The number of benzene rings is 1. The molecule has 3 nitrogen and oxygen atoms in total. The number of thioether (sulfide) groups is 1. The molecule has 0 bridgehead atoms. The summed E-state index contributed by atoms with van der Waals surface area (Å²) in [6.45, 7) is 2.23. The summed E-state index contributed by atoms with van der Waals surface area (Å²) in [4.78, 5) is 0. The summed E-state index contributed by atoms with van der Waals surface area (Å²) in [6, 6.07) is 10.8. The van der Waals surface area contributed by atoms with Crippen molar-refractivity contribution in [2.75, 3.05) is 5.75 Å². The second kappa shape index (κ2) is 6.14. The fourth-order valence-corrected chi connectivity index (χ4v) is 4.52. The number of rotatable bonds is 4. The molecule has 1 aromatic heterocycles. The summed E-state index contributed by atoms with van der Waals surface area (Å²) in [5.41, 5.74) is 1.13. The lowest BCUT2D eigenvalue weighted by atomic mass is 10.2. The molecule has 2 atom stereocenters. The van der Waals surface area contributed by atoms with Crippen LogP contribution in [0.5, 0.6) is 0 Å². The third-order valence-corrected chi connectivity index (χ3v) is 5.47. The van der Waals surface area contributed by atoms with Gasteiger partial charge in [-0.05, 0) is 30.8 Å². The first-order chi connectivity index (χ1) is 9.81. The molecule has 5 heteroatoms. The van der Waals surface area contributed by atoms with Gasteiger partial charge in [0.25, 0.3) is 0 Å². The molecule has 20 heavy (non-hydrogen) atoms. The average molecular weight is 305 g/mol. The van der Waals surface area contributed by atoms with E-state index in [1.807, 2.05) is 30.0 Å². The Morgan fingerprint density at radius 2 is 2.15 bits per heavy atom. The predicted molar refractivity (Wildman–Crippen MR) is 87.7 cm³/mol. The van der Waals surface area contributed by atoms with E-state index in [2.05, 4.69) is 33.8 Å². The molecule has 1 saturated carbocycles. The van der Waals surface area contributed by atoms with Gasteiger partial charge in [-0.3, -0.25) is 9.67 Å². The van der Waals surface area contributed by atoms with Gasteiger partial charge in [-0.15, -0.1) is 0 Å².